The molecule has 2 atom stereocenters. The first-order chi connectivity index (χ1) is 11.9. The van der Waals surface area contributed by atoms with E-state index in [0.29, 0.717) is 12.0 Å². The van der Waals surface area contributed by atoms with E-state index in [4.69, 9.17) is 4.74 Å². The Labute approximate surface area is 147 Å². The summed E-state index contributed by atoms with van der Waals surface area (Å²) in [6.07, 6.45) is 2.27. The third-order valence-corrected chi connectivity index (χ3v) is 3.70. The molecule has 0 fully saturated rings. The van der Waals surface area contributed by atoms with Crippen LogP contribution in [0.5, 0.6) is 0 Å². The van der Waals surface area contributed by atoms with Crippen LogP contribution in [0, 0.1) is 5.82 Å². The van der Waals surface area contributed by atoms with Crippen LogP contribution in [0.3, 0.4) is 0 Å². The molecule has 0 bridgehead atoms. The number of carbonyl (C=O) groups is 3. The Bertz CT molecular complexity index is 589. The second-order valence-corrected chi connectivity index (χ2v) is 5.81. The zero-order valence-electron chi connectivity index (χ0n) is 14.8. The van der Waals surface area contributed by atoms with Gasteiger partial charge in [0.1, 0.15) is 17.9 Å². The molecule has 0 aliphatic carbocycles. The van der Waals surface area contributed by atoms with Gasteiger partial charge in [-0.05, 0) is 24.1 Å². The molecule has 0 aliphatic heterocycles. The monoisotopic (exact) mass is 352 g/mol. The highest BCUT2D eigenvalue weighted by molar-refractivity contribution is 5.90. The number of rotatable bonds is 9. The summed E-state index contributed by atoms with van der Waals surface area (Å²) in [5, 5.41) is 5.20. The molecule has 0 aromatic heterocycles. The third-order valence-electron chi connectivity index (χ3n) is 3.70. The van der Waals surface area contributed by atoms with Gasteiger partial charge < -0.3 is 15.4 Å². The van der Waals surface area contributed by atoms with Crippen molar-refractivity contribution < 1.29 is 23.5 Å². The Morgan fingerprint density at radius 1 is 1.12 bits per heavy atom. The molecule has 0 saturated carbocycles. The smallest absolute Gasteiger partial charge is 0.328 e. The van der Waals surface area contributed by atoms with Crippen molar-refractivity contribution in [3.8, 4) is 0 Å². The van der Waals surface area contributed by atoms with Gasteiger partial charge in [-0.2, -0.15) is 0 Å². The van der Waals surface area contributed by atoms with Gasteiger partial charge in [-0.15, -0.1) is 0 Å². The average molecular weight is 352 g/mol. The van der Waals surface area contributed by atoms with Crippen LogP contribution in [-0.2, 0) is 25.5 Å². The number of hydrogen-bond acceptors (Lipinski definition) is 4. The van der Waals surface area contributed by atoms with E-state index in [-0.39, 0.29) is 18.1 Å². The topological polar surface area (TPSA) is 84.5 Å². The SMILES string of the molecule is CCCC[C@@H](NC(=O)[C@H](Cc1ccc(F)cc1)NC(C)=O)C(=O)OC. The van der Waals surface area contributed by atoms with E-state index in [1.807, 2.05) is 6.92 Å². The van der Waals surface area contributed by atoms with E-state index in [1.165, 1.54) is 26.2 Å². The first-order valence-electron chi connectivity index (χ1n) is 8.27. The fourth-order valence-electron chi connectivity index (χ4n) is 2.38. The maximum Gasteiger partial charge on any atom is 0.328 e. The Hall–Kier alpha value is -2.44. The maximum atomic E-state index is 13.0. The van der Waals surface area contributed by atoms with Gasteiger partial charge in [0, 0.05) is 13.3 Å². The molecule has 25 heavy (non-hydrogen) atoms. The molecule has 0 radical (unpaired) electrons. The molecule has 1 rings (SSSR count). The summed E-state index contributed by atoms with van der Waals surface area (Å²) in [4.78, 5) is 35.8. The number of carbonyl (C=O) groups excluding carboxylic acids is 3. The lowest BCUT2D eigenvalue weighted by Gasteiger charge is -2.22. The Morgan fingerprint density at radius 3 is 2.28 bits per heavy atom. The number of halogens is 1. The normalized spacial score (nSPS) is 12.8. The Balaban J connectivity index is 2.84. The molecule has 1 aromatic carbocycles. The van der Waals surface area contributed by atoms with E-state index >= 15 is 0 Å². The van der Waals surface area contributed by atoms with E-state index in [9.17, 15) is 18.8 Å². The zero-order valence-corrected chi connectivity index (χ0v) is 14.8. The number of methoxy groups -OCH3 is 1. The quantitative estimate of drug-likeness (QED) is 0.663. The summed E-state index contributed by atoms with van der Waals surface area (Å²) in [6.45, 7) is 3.28. The molecular weight excluding hydrogens is 327 g/mol. The molecular formula is C18H25FN2O4. The largest absolute Gasteiger partial charge is 0.467 e. The highest BCUT2D eigenvalue weighted by atomic mass is 19.1. The van der Waals surface area contributed by atoms with Crippen molar-refractivity contribution in [1.29, 1.82) is 0 Å². The number of esters is 1. The standard InChI is InChI=1S/C18H25FN2O4/c1-4-5-6-15(18(24)25-3)21-17(23)16(20-12(2)22)11-13-7-9-14(19)10-8-13/h7-10,15-16H,4-6,11H2,1-3H3,(H,20,22)(H,21,23)/t15-,16+/m1/s1. The Morgan fingerprint density at radius 2 is 1.76 bits per heavy atom. The molecule has 6 nitrogen and oxygen atoms in total. The molecule has 2 amide bonds. The molecule has 0 saturated heterocycles. The second-order valence-electron chi connectivity index (χ2n) is 5.81. The highest BCUT2D eigenvalue weighted by Gasteiger charge is 2.26. The van der Waals surface area contributed by atoms with Crippen molar-refractivity contribution in [3.63, 3.8) is 0 Å². The minimum absolute atomic E-state index is 0.188. The number of hydrogen-bond donors (Lipinski definition) is 2. The molecule has 0 spiro atoms. The van der Waals surface area contributed by atoms with E-state index in [1.54, 1.807) is 12.1 Å². The molecule has 0 unspecified atom stereocenters. The number of unbranched alkanes of at least 4 members (excludes halogenated alkanes) is 1. The first-order valence-corrected chi connectivity index (χ1v) is 8.27. The molecule has 0 aliphatic rings. The van der Waals surface area contributed by atoms with Crippen LogP contribution in [-0.4, -0.2) is 37.0 Å². The molecule has 0 heterocycles. The zero-order chi connectivity index (χ0) is 18.8. The molecule has 1 aromatic rings. The predicted octanol–water partition coefficient (Wildman–Crippen LogP) is 1.72. The van der Waals surface area contributed by atoms with E-state index < -0.39 is 24.0 Å². The van der Waals surface area contributed by atoms with Crippen LogP contribution in [0.15, 0.2) is 24.3 Å². The fraction of sp³-hybridized carbons (Fsp3) is 0.500. The van der Waals surface area contributed by atoms with E-state index in [2.05, 4.69) is 10.6 Å². The number of ether oxygens (including phenoxy) is 1. The van der Waals surface area contributed by atoms with Crippen molar-refractivity contribution in [2.45, 2.75) is 51.6 Å². The van der Waals surface area contributed by atoms with Crippen molar-refractivity contribution in [1.82, 2.24) is 10.6 Å². The van der Waals surface area contributed by atoms with Gasteiger partial charge in [-0.1, -0.05) is 31.9 Å². The summed E-state index contributed by atoms with van der Waals surface area (Å²) in [6, 6.07) is 4.05. The number of amides is 2. The van der Waals surface area contributed by atoms with Crippen LogP contribution < -0.4 is 10.6 Å². The highest BCUT2D eigenvalue weighted by Crippen LogP contribution is 2.08. The summed E-state index contributed by atoms with van der Waals surface area (Å²) >= 11 is 0. The van der Waals surface area contributed by atoms with Crippen LogP contribution >= 0.6 is 0 Å². The summed E-state index contributed by atoms with van der Waals surface area (Å²) in [5.41, 5.74) is 0.693. The van der Waals surface area contributed by atoms with Crippen LogP contribution in [0.25, 0.3) is 0 Å². The Kier molecular flexibility index (Phi) is 8.60. The molecule has 7 heteroatoms. The second kappa shape index (κ2) is 10.4. The van der Waals surface area contributed by atoms with Gasteiger partial charge >= 0.3 is 5.97 Å². The minimum atomic E-state index is -0.864. The number of nitrogens with one attached hydrogen (secondary N) is 2. The van der Waals surface area contributed by atoms with Crippen molar-refractivity contribution >= 4 is 17.8 Å². The van der Waals surface area contributed by atoms with Crippen molar-refractivity contribution in [3.05, 3.63) is 35.6 Å². The van der Waals surface area contributed by atoms with Gasteiger partial charge in [0.2, 0.25) is 11.8 Å². The lowest BCUT2D eigenvalue weighted by molar-refractivity contribution is -0.145. The van der Waals surface area contributed by atoms with Crippen molar-refractivity contribution in [2.75, 3.05) is 7.11 Å². The summed E-state index contributed by atoms with van der Waals surface area (Å²) in [7, 11) is 1.26. The predicted molar refractivity (Wildman–Crippen MR) is 91.2 cm³/mol. The van der Waals surface area contributed by atoms with Crippen LogP contribution in [0.4, 0.5) is 4.39 Å². The lowest BCUT2D eigenvalue weighted by Crippen LogP contribution is -2.52. The van der Waals surface area contributed by atoms with Crippen molar-refractivity contribution in [2.24, 2.45) is 0 Å². The van der Waals surface area contributed by atoms with Crippen LogP contribution in [0.1, 0.15) is 38.7 Å². The third kappa shape index (κ3) is 7.32. The molecule has 138 valence electrons. The summed E-state index contributed by atoms with van der Waals surface area (Å²) in [5.74, 6) is -1.75. The van der Waals surface area contributed by atoms with Crippen LogP contribution in [0.2, 0.25) is 0 Å². The number of benzene rings is 1. The van der Waals surface area contributed by atoms with Gasteiger partial charge in [0.25, 0.3) is 0 Å². The maximum absolute atomic E-state index is 13.0. The van der Waals surface area contributed by atoms with Gasteiger partial charge in [-0.25, -0.2) is 9.18 Å². The summed E-state index contributed by atoms with van der Waals surface area (Å²) < 4.78 is 17.7. The first kappa shape index (κ1) is 20.6. The fourth-order valence-corrected chi connectivity index (χ4v) is 2.38. The minimum Gasteiger partial charge on any atom is -0.467 e. The van der Waals surface area contributed by atoms with Gasteiger partial charge in [-0.3, -0.25) is 9.59 Å². The lowest BCUT2D eigenvalue weighted by atomic mass is 10.0. The van der Waals surface area contributed by atoms with Gasteiger partial charge in [0.05, 0.1) is 7.11 Å². The molecule has 2 N–H and O–H groups in total. The van der Waals surface area contributed by atoms with E-state index in [0.717, 1.165) is 12.8 Å². The average Bonchev–Trinajstić information content (AvgIpc) is 2.58. The van der Waals surface area contributed by atoms with Gasteiger partial charge in [0.15, 0.2) is 0 Å².